The molecule has 2 aromatic carbocycles. The van der Waals surface area contributed by atoms with Gasteiger partial charge < -0.3 is 23.9 Å². The number of ether oxygens (including phenoxy) is 3. The molecule has 1 aliphatic heterocycles. The van der Waals surface area contributed by atoms with Crippen molar-refractivity contribution in [3.05, 3.63) is 47.8 Å². The molecule has 25 heavy (non-hydrogen) atoms. The number of imidazole rings is 1. The number of aryl methyl sites for hydroxylation is 2. The predicted molar refractivity (Wildman–Crippen MR) is 93.3 cm³/mol. The fourth-order valence-electron chi connectivity index (χ4n) is 2.90. The fourth-order valence-corrected chi connectivity index (χ4v) is 2.90. The Balaban J connectivity index is 1.42. The van der Waals surface area contributed by atoms with Crippen LogP contribution in [0, 0.1) is 13.8 Å². The van der Waals surface area contributed by atoms with Gasteiger partial charge in [0.15, 0.2) is 11.5 Å². The highest BCUT2D eigenvalue weighted by molar-refractivity contribution is 5.77. The summed E-state index contributed by atoms with van der Waals surface area (Å²) in [6.45, 7) is 4.98. The largest absolute Gasteiger partial charge is 0.491 e. The van der Waals surface area contributed by atoms with E-state index in [9.17, 15) is 5.11 Å². The van der Waals surface area contributed by atoms with Crippen molar-refractivity contribution in [2.45, 2.75) is 26.5 Å². The Morgan fingerprint density at radius 2 is 1.96 bits per heavy atom. The van der Waals surface area contributed by atoms with E-state index in [-0.39, 0.29) is 13.4 Å². The summed E-state index contributed by atoms with van der Waals surface area (Å²) in [7, 11) is 0. The SMILES string of the molecule is Cc1cc2ncn(CC(O)COc3ccc4c(c3)OCO4)c2cc1C. The maximum absolute atomic E-state index is 10.3. The predicted octanol–water partition coefficient (Wildman–Crippen LogP) is 2.82. The standard InChI is InChI=1S/C19H20N2O4/c1-12-5-16-17(6-13(12)2)21(10-20-16)8-14(22)9-23-15-3-4-18-19(7-15)25-11-24-18/h3-7,10,14,22H,8-9,11H2,1-2H3. The topological polar surface area (TPSA) is 65.7 Å². The first-order valence-electron chi connectivity index (χ1n) is 8.23. The normalized spacial score (nSPS) is 14.0. The lowest BCUT2D eigenvalue weighted by Crippen LogP contribution is -2.23. The molecule has 0 radical (unpaired) electrons. The zero-order chi connectivity index (χ0) is 17.4. The Kier molecular flexibility index (Phi) is 3.97. The molecule has 0 spiro atoms. The zero-order valence-corrected chi connectivity index (χ0v) is 14.2. The third kappa shape index (κ3) is 3.13. The molecule has 1 unspecified atom stereocenters. The van der Waals surface area contributed by atoms with Crippen LogP contribution in [0.1, 0.15) is 11.1 Å². The molecule has 0 saturated heterocycles. The molecule has 2 heterocycles. The number of benzene rings is 2. The highest BCUT2D eigenvalue weighted by atomic mass is 16.7. The van der Waals surface area contributed by atoms with Crippen molar-refractivity contribution in [1.82, 2.24) is 9.55 Å². The third-order valence-electron chi connectivity index (χ3n) is 4.43. The summed E-state index contributed by atoms with van der Waals surface area (Å²) >= 11 is 0. The summed E-state index contributed by atoms with van der Waals surface area (Å²) in [4.78, 5) is 4.41. The van der Waals surface area contributed by atoms with E-state index in [1.165, 1.54) is 11.1 Å². The van der Waals surface area contributed by atoms with Crippen LogP contribution < -0.4 is 14.2 Å². The van der Waals surface area contributed by atoms with Crippen LogP contribution in [-0.4, -0.2) is 34.2 Å². The number of aliphatic hydroxyl groups is 1. The van der Waals surface area contributed by atoms with E-state index in [2.05, 4.69) is 31.0 Å². The van der Waals surface area contributed by atoms with Gasteiger partial charge in [-0.25, -0.2) is 4.98 Å². The average molecular weight is 340 g/mol. The van der Waals surface area contributed by atoms with Crippen molar-refractivity contribution in [3.8, 4) is 17.2 Å². The van der Waals surface area contributed by atoms with Crippen molar-refractivity contribution >= 4 is 11.0 Å². The summed E-state index contributed by atoms with van der Waals surface area (Å²) in [6, 6.07) is 9.55. The van der Waals surface area contributed by atoms with Gasteiger partial charge in [-0.3, -0.25) is 0 Å². The lowest BCUT2D eigenvalue weighted by atomic mass is 10.1. The molecule has 1 N–H and O–H groups in total. The number of hydrogen-bond acceptors (Lipinski definition) is 5. The minimum Gasteiger partial charge on any atom is -0.491 e. The number of nitrogens with zero attached hydrogens (tertiary/aromatic N) is 2. The van der Waals surface area contributed by atoms with Crippen molar-refractivity contribution in [2.24, 2.45) is 0 Å². The first kappa shape index (κ1) is 15.8. The Hall–Kier alpha value is -2.73. The van der Waals surface area contributed by atoms with Gasteiger partial charge in [-0.15, -0.1) is 0 Å². The Morgan fingerprint density at radius 3 is 2.84 bits per heavy atom. The van der Waals surface area contributed by atoms with Gasteiger partial charge in [0.1, 0.15) is 18.5 Å². The molecule has 130 valence electrons. The van der Waals surface area contributed by atoms with Gasteiger partial charge in [0.2, 0.25) is 6.79 Å². The molecule has 1 aliphatic rings. The van der Waals surface area contributed by atoms with Gasteiger partial charge in [-0.05, 0) is 49.2 Å². The van der Waals surface area contributed by atoms with E-state index < -0.39 is 6.10 Å². The van der Waals surface area contributed by atoms with Gasteiger partial charge in [-0.2, -0.15) is 0 Å². The molecule has 4 rings (SSSR count). The minimum absolute atomic E-state index is 0.185. The molecule has 6 nitrogen and oxygen atoms in total. The third-order valence-corrected chi connectivity index (χ3v) is 4.43. The molecule has 0 bridgehead atoms. The molecule has 6 heteroatoms. The minimum atomic E-state index is -0.649. The molecule has 1 aromatic heterocycles. The fraction of sp³-hybridized carbons (Fsp3) is 0.316. The maximum Gasteiger partial charge on any atom is 0.231 e. The van der Waals surface area contributed by atoms with Crippen molar-refractivity contribution < 1.29 is 19.3 Å². The maximum atomic E-state index is 10.3. The van der Waals surface area contributed by atoms with E-state index in [0.717, 1.165) is 11.0 Å². The van der Waals surface area contributed by atoms with Gasteiger partial charge in [0, 0.05) is 6.07 Å². The number of rotatable bonds is 5. The molecular formula is C19H20N2O4. The smallest absolute Gasteiger partial charge is 0.231 e. The summed E-state index contributed by atoms with van der Waals surface area (Å²) in [5.41, 5.74) is 4.38. The van der Waals surface area contributed by atoms with Crippen molar-refractivity contribution in [1.29, 1.82) is 0 Å². The first-order valence-corrected chi connectivity index (χ1v) is 8.23. The van der Waals surface area contributed by atoms with Gasteiger partial charge >= 0.3 is 0 Å². The highest BCUT2D eigenvalue weighted by Gasteiger charge is 2.15. The number of aliphatic hydroxyl groups excluding tert-OH is 1. The van der Waals surface area contributed by atoms with E-state index in [0.29, 0.717) is 23.8 Å². The van der Waals surface area contributed by atoms with Crippen LogP contribution in [-0.2, 0) is 6.54 Å². The summed E-state index contributed by atoms with van der Waals surface area (Å²) < 4.78 is 18.2. The Labute approximate surface area is 145 Å². The molecule has 0 amide bonds. The van der Waals surface area contributed by atoms with E-state index in [4.69, 9.17) is 14.2 Å². The van der Waals surface area contributed by atoms with Crippen LogP contribution in [0.15, 0.2) is 36.7 Å². The van der Waals surface area contributed by atoms with Crippen LogP contribution in [0.5, 0.6) is 17.2 Å². The highest BCUT2D eigenvalue weighted by Crippen LogP contribution is 2.35. The lowest BCUT2D eigenvalue weighted by Gasteiger charge is -2.14. The van der Waals surface area contributed by atoms with Gasteiger partial charge in [0.05, 0.1) is 23.9 Å². The van der Waals surface area contributed by atoms with Crippen LogP contribution in [0.4, 0.5) is 0 Å². The van der Waals surface area contributed by atoms with Gasteiger partial charge in [0.25, 0.3) is 0 Å². The second kappa shape index (κ2) is 6.29. The van der Waals surface area contributed by atoms with E-state index in [1.807, 2.05) is 4.57 Å². The van der Waals surface area contributed by atoms with Crippen LogP contribution in [0.3, 0.4) is 0 Å². The second-order valence-electron chi connectivity index (χ2n) is 6.30. The molecule has 1 atom stereocenters. The Bertz CT molecular complexity index is 919. The molecule has 0 saturated carbocycles. The van der Waals surface area contributed by atoms with Gasteiger partial charge in [-0.1, -0.05) is 0 Å². The van der Waals surface area contributed by atoms with Crippen LogP contribution in [0.2, 0.25) is 0 Å². The number of fused-ring (bicyclic) bond motifs is 2. The molecule has 0 aliphatic carbocycles. The monoisotopic (exact) mass is 340 g/mol. The summed E-state index contributed by atoms with van der Waals surface area (Å²) in [6.07, 6.45) is 1.11. The summed E-state index contributed by atoms with van der Waals surface area (Å²) in [5.74, 6) is 2.02. The summed E-state index contributed by atoms with van der Waals surface area (Å²) in [5, 5.41) is 10.3. The van der Waals surface area contributed by atoms with Crippen LogP contribution >= 0.6 is 0 Å². The molecule has 3 aromatic rings. The van der Waals surface area contributed by atoms with Crippen molar-refractivity contribution in [3.63, 3.8) is 0 Å². The lowest BCUT2D eigenvalue weighted by molar-refractivity contribution is 0.0933. The Morgan fingerprint density at radius 1 is 1.16 bits per heavy atom. The van der Waals surface area contributed by atoms with Crippen molar-refractivity contribution in [2.75, 3.05) is 13.4 Å². The van der Waals surface area contributed by atoms with E-state index >= 15 is 0 Å². The molecule has 0 fully saturated rings. The number of aromatic nitrogens is 2. The molecular weight excluding hydrogens is 320 g/mol. The zero-order valence-electron chi connectivity index (χ0n) is 14.2. The van der Waals surface area contributed by atoms with E-state index in [1.54, 1.807) is 24.5 Å². The quantitative estimate of drug-likeness (QED) is 0.774. The second-order valence-corrected chi connectivity index (χ2v) is 6.30. The average Bonchev–Trinajstić information content (AvgIpc) is 3.20. The van der Waals surface area contributed by atoms with Crippen LogP contribution in [0.25, 0.3) is 11.0 Å². The first-order chi connectivity index (χ1) is 12.1. The number of hydrogen-bond donors (Lipinski definition) is 1.